The van der Waals surface area contributed by atoms with Crippen molar-refractivity contribution in [2.75, 3.05) is 0 Å². The summed E-state index contributed by atoms with van der Waals surface area (Å²) in [7, 11) is 0. The quantitative estimate of drug-likeness (QED) is 0.676. The fourth-order valence-corrected chi connectivity index (χ4v) is 1.44. The summed E-state index contributed by atoms with van der Waals surface area (Å²) in [4.78, 5) is 18.3. The standard InChI is InChI=1S/C7H5N3O2S/c1-4-8-7(10-12-4)5-3-13-6(2-11)9-5/h2-3H,1H3. The molecule has 0 aliphatic carbocycles. The summed E-state index contributed by atoms with van der Waals surface area (Å²) in [6, 6.07) is 0. The van der Waals surface area contributed by atoms with E-state index in [0.29, 0.717) is 28.7 Å². The molecule has 0 aromatic carbocycles. The lowest BCUT2D eigenvalue weighted by Crippen LogP contribution is -1.82. The topological polar surface area (TPSA) is 68.9 Å². The van der Waals surface area contributed by atoms with Crippen LogP contribution in [0.4, 0.5) is 0 Å². The lowest BCUT2D eigenvalue weighted by atomic mass is 10.5. The van der Waals surface area contributed by atoms with E-state index >= 15 is 0 Å². The zero-order valence-corrected chi connectivity index (χ0v) is 7.54. The van der Waals surface area contributed by atoms with Gasteiger partial charge in [0.05, 0.1) is 0 Å². The van der Waals surface area contributed by atoms with Crippen molar-refractivity contribution in [3.8, 4) is 11.5 Å². The van der Waals surface area contributed by atoms with E-state index < -0.39 is 0 Å². The molecule has 0 atom stereocenters. The lowest BCUT2D eigenvalue weighted by molar-refractivity contribution is 0.112. The number of carbonyl (C=O) groups is 1. The van der Waals surface area contributed by atoms with Crippen LogP contribution in [0.3, 0.4) is 0 Å². The maximum Gasteiger partial charge on any atom is 0.223 e. The number of aldehydes is 1. The van der Waals surface area contributed by atoms with Crippen molar-refractivity contribution in [2.45, 2.75) is 6.92 Å². The first-order valence-electron chi connectivity index (χ1n) is 3.51. The average Bonchev–Trinajstić information content (AvgIpc) is 2.71. The zero-order chi connectivity index (χ0) is 9.26. The van der Waals surface area contributed by atoms with Crippen LogP contribution in [-0.2, 0) is 0 Å². The van der Waals surface area contributed by atoms with Gasteiger partial charge < -0.3 is 4.52 Å². The molecule has 0 spiro atoms. The van der Waals surface area contributed by atoms with Crippen molar-refractivity contribution < 1.29 is 9.32 Å². The van der Waals surface area contributed by atoms with Crippen molar-refractivity contribution in [3.05, 3.63) is 16.3 Å². The Morgan fingerprint density at radius 1 is 1.54 bits per heavy atom. The lowest BCUT2D eigenvalue weighted by Gasteiger charge is -1.80. The van der Waals surface area contributed by atoms with Crippen LogP contribution in [0.25, 0.3) is 11.5 Å². The van der Waals surface area contributed by atoms with Crippen molar-refractivity contribution in [2.24, 2.45) is 0 Å². The van der Waals surface area contributed by atoms with Crippen LogP contribution in [0, 0.1) is 6.92 Å². The molecule has 0 amide bonds. The SMILES string of the molecule is Cc1nc(-c2csc(C=O)n2)no1. The molecule has 0 aliphatic rings. The molecule has 5 nitrogen and oxygen atoms in total. The number of aryl methyl sites for hydroxylation is 1. The molecule has 2 heterocycles. The van der Waals surface area contributed by atoms with Gasteiger partial charge in [0.2, 0.25) is 11.7 Å². The minimum atomic E-state index is 0.414. The number of hydrogen-bond acceptors (Lipinski definition) is 6. The van der Waals surface area contributed by atoms with Gasteiger partial charge in [-0.05, 0) is 0 Å². The fourth-order valence-electron chi connectivity index (χ4n) is 0.848. The number of carbonyl (C=O) groups excluding carboxylic acids is 1. The van der Waals surface area contributed by atoms with Gasteiger partial charge in [-0.25, -0.2) is 4.98 Å². The summed E-state index contributed by atoms with van der Waals surface area (Å²) in [5, 5.41) is 5.81. The molecule has 0 saturated heterocycles. The van der Waals surface area contributed by atoms with E-state index in [9.17, 15) is 4.79 Å². The predicted octanol–water partition coefficient (Wildman–Crippen LogP) is 1.31. The van der Waals surface area contributed by atoms with Crippen LogP contribution in [0.1, 0.15) is 15.7 Å². The minimum absolute atomic E-state index is 0.414. The molecule has 2 rings (SSSR count). The maximum absolute atomic E-state index is 10.3. The van der Waals surface area contributed by atoms with Gasteiger partial charge in [0.25, 0.3) is 0 Å². The Labute approximate surface area is 77.4 Å². The summed E-state index contributed by atoms with van der Waals surface area (Å²) in [6.07, 6.45) is 0.696. The highest BCUT2D eigenvalue weighted by Gasteiger charge is 2.09. The van der Waals surface area contributed by atoms with E-state index in [1.54, 1.807) is 12.3 Å². The van der Waals surface area contributed by atoms with Crippen LogP contribution in [0.5, 0.6) is 0 Å². The Balaban J connectivity index is 2.40. The summed E-state index contributed by atoms with van der Waals surface area (Å²) >= 11 is 1.25. The van der Waals surface area contributed by atoms with E-state index in [1.165, 1.54) is 11.3 Å². The molecule has 0 radical (unpaired) electrons. The summed E-state index contributed by atoms with van der Waals surface area (Å²) in [5.74, 6) is 0.900. The molecule has 0 aliphatic heterocycles. The highest BCUT2D eigenvalue weighted by molar-refractivity contribution is 7.11. The Kier molecular flexibility index (Phi) is 1.90. The second kappa shape index (κ2) is 3.06. The third-order valence-electron chi connectivity index (χ3n) is 1.38. The van der Waals surface area contributed by atoms with Crippen LogP contribution < -0.4 is 0 Å². The van der Waals surface area contributed by atoms with Crippen LogP contribution in [0.2, 0.25) is 0 Å². The Hall–Kier alpha value is -1.56. The largest absolute Gasteiger partial charge is 0.339 e. The average molecular weight is 195 g/mol. The Morgan fingerprint density at radius 2 is 2.38 bits per heavy atom. The van der Waals surface area contributed by atoms with Crippen molar-refractivity contribution in [1.82, 2.24) is 15.1 Å². The summed E-state index contributed by atoms with van der Waals surface area (Å²) < 4.78 is 4.78. The number of nitrogens with zero attached hydrogens (tertiary/aromatic N) is 3. The molecule has 2 aromatic heterocycles. The molecule has 13 heavy (non-hydrogen) atoms. The van der Waals surface area contributed by atoms with Gasteiger partial charge in [-0.15, -0.1) is 11.3 Å². The second-order valence-electron chi connectivity index (χ2n) is 2.33. The summed E-state index contributed by atoms with van der Waals surface area (Å²) in [5.41, 5.74) is 0.573. The molecule has 0 bridgehead atoms. The van der Waals surface area contributed by atoms with Gasteiger partial charge in [0, 0.05) is 12.3 Å². The maximum atomic E-state index is 10.3. The first kappa shape index (κ1) is 8.06. The van der Waals surface area contributed by atoms with E-state index in [0.717, 1.165) is 0 Å². The molecular weight excluding hydrogens is 190 g/mol. The normalized spacial score (nSPS) is 10.2. The van der Waals surface area contributed by atoms with E-state index in [-0.39, 0.29) is 0 Å². The van der Waals surface area contributed by atoms with Gasteiger partial charge in [-0.1, -0.05) is 5.16 Å². The molecule has 66 valence electrons. The van der Waals surface area contributed by atoms with Gasteiger partial charge in [-0.2, -0.15) is 4.98 Å². The van der Waals surface area contributed by atoms with Crippen molar-refractivity contribution in [1.29, 1.82) is 0 Å². The molecule has 0 fully saturated rings. The van der Waals surface area contributed by atoms with E-state index in [4.69, 9.17) is 4.52 Å². The zero-order valence-electron chi connectivity index (χ0n) is 6.72. The number of hydrogen-bond donors (Lipinski definition) is 0. The van der Waals surface area contributed by atoms with Gasteiger partial charge in [0.15, 0.2) is 11.3 Å². The van der Waals surface area contributed by atoms with Gasteiger partial charge >= 0.3 is 0 Å². The van der Waals surface area contributed by atoms with Crippen LogP contribution >= 0.6 is 11.3 Å². The number of aromatic nitrogens is 3. The molecule has 0 saturated carbocycles. The van der Waals surface area contributed by atoms with Gasteiger partial charge in [-0.3, -0.25) is 4.79 Å². The van der Waals surface area contributed by atoms with Crippen LogP contribution in [0.15, 0.2) is 9.90 Å². The number of thiazole rings is 1. The molecular formula is C7H5N3O2S. The van der Waals surface area contributed by atoms with Crippen LogP contribution in [-0.4, -0.2) is 21.4 Å². The highest BCUT2D eigenvalue weighted by Crippen LogP contribution is 2.17. The first-order valence-corrected chi connectivity index (χ1v) is 4.39. The molecule has 2 aromatic rings. The predicted molar refractivity (Wildman–Crippen MR) is 45.5 cm³/mol. The minimum Gasteiger partial charge on any atom is -0.339 e. The summed E-state index contributed by atoms with van der Waals surface area (Å²) in [6.45, 7) is 1.70. The third kappa shape index (κ3) is 1.48. The van der Waals surface area contributed by atoms with Gasteiger partial charge in [0.1, 0.15) is 5.69 Å². The Morgan fingerprint density at radius 3 is 2.92 bits per heavy atom. The fraction of sp³-hybridized carbons (Fsp3) is 0.143. The second-order valence-corrected chi connectivity index (χ2v) is 3.22. The third-order valence-corrected chi connectivity index (χ3v) is 2.15. The first-order chi connectivity index (χ1) is 6.29. The smallest absolute Gasteiger partial charge is 0.223 e. The molecule has 0 unspecified atom stereocenters. The van der Waals surface area contributed by atoms with Crippen molar-refractivity contribution >= 4 is 17.6 Å². The monoisotopic (exact) mass is 195 g/mol. The van der Waals surface area contributed by atoms with E-state index in [2.05, 4.69) is 15.1 Å². The molecule has 6 heteroatoms. The van der Waals surface area contributed by atoms with E-state index in [1.807, 2.05) is 0 Å². The molecule has 0 N–H and O–H groups in total. The Bertz CT molecular complexity index is 434. The highest BCUT2D eigenvalue weighted by atomic mass is 32.1. The number of rotatable bonds is 2. The van der Waals surface area contributed by atoms with Crippen molar-refractivity contribution in [3.63, 3.8) is 0 Å².